The number of aliphatic hydroxyl groups excluding tert-OH is 1. The second-order valence-electron chi connectivity index (χ2n) is 4.07. The highest BCUT2D eigenvalue weighted by molar-refractivity contribution is 5.13. The zero-order chi connectivity index (χ0) is 12.1. The fraction of sp³-hybridized carbons (Fsp3) is 0.538. The quantitative estimate of drug-likeness (QED) is 0.575. The molecule has 17 heavy (non-hydrogen) atoms. The van der Waals surface area contributed by atoms with Gasteiger partial charge in [-0.15, -0.1) is 0 Å². The Kier molecular flexibility index (Phi) is 4.50. The first-order valence-corrected chi connectivity index (χ1v) is 5.84. The van der Waals surface area contributed by atoms with E-state index in [0.717, 1.165) is 5.56 Å². The van der Waals surface area contributed by atoms with Crippen molar-refractivity contribution in [2.24, 2.45) is 0 Å². The van der Waals surface area contributed by atoms with Crippen LogP contribution in [0.2, 0.25) is 0 Å². The van der Waals surface area contributed by atoms with Crippen LogP contribution in [0, 0.1) is 0 Å². The highest BCUT2D eigenvalue weighted by atomic mass is 16.7. The number of rotatable bonds is 7. The van der Waals surface area contributed by atoms with Crippen LogP contribution < -0.4 is 0 Å². The van der Waals surface area contributed by atoms with Gasteiger partial charge in [-0.1, -0.05) is 30.3 Å². The van der Waals surface area contributed by atoms with Crippen molar-refractivity contribution in [1.82, 2.24) is 0 Å². The molecule has 1 aromatic carbocycles. The molecule has 1 aliphatic rings. The van der Waals surface area contributed by atoms with Gasteiger partial charge in [0.2, 0.25) is 0 Å². The Morgan fingerprint density at radius 1 is 1.29 bits per heavy atom. The lowest BCUT2D eigenvalue weighted by Crippen LogP contribution is -2.26. The van der Waals surface area contributed by atoms with Crippen LogP contribution in [0.5, 0.6) is 0 Å². The Morgan fingerprint density at radius 3 is 2.59 bits per heavy atom. The number of ether oxygens (including phenoxy) is 3. The lowest BCUT2D eigenvalue weighted by atomic mass is 10.2. The van der Waals surface area contributed by atoms with Crippen LogP contribution in [0.25, 0.3) is 0 Å². The number of aliphatic hydroxyl groups is 1. The molecule has 0 aliphatic carbocycles. The molecule has 1 fully saturated rings. The Balaban J connectivity index is 1.81. The molecule has 1 aromatic rings. The first kappa shape index (κ1) is 12.5. The summed E-state index contributed by atoms with van der Waals surface area (Å²) in [7, 11) is 0. The fourth-order valence-electron chi connectivity index (χ4n) is 1.65. The molecule has 1 heterocycles. The molecular formula is C13H18O4. The van der Waals surface area contributed by atoms with Crippen molar-refractivity contribution in [1.29, 1.82) is 0 Å². The molecule has 0 radical (unpaired) electrons. The molecule has 3 atom stereocenters. The van der Waals surface area contributed by atoms with E-state index in [1.54, 1.807) is 0 Å². The fourth-order valence-corrected chi connectivity index (χ4v) is 1.65. The van der Waals surface area contributed by atoms with E-state index in [-0.39, 0.29) is 25.4 Å². The summed E-state index contributed by atoms with van der Waals surface area (Å²) in [4.78, 5) is 0. The second-order valence-corrected chi connectivity index (χ2v) is 4.07. The molecule has 2 rings (SSSR count). The monoisotopic (exact) mass is 238 g/mol. The van der Waals surface area contributed by atoms with Crippen LogP contribution in [0.1, 0.15) is 12.5 Å². The minimum absolute atomic E-state index is 0.00764. The Labute approximate surface area is 101 Å². The second kappa shape index (κ2) is 6.12. The number of hydrogen-bond donors (Lipinski definition) is 1. The summed E-state index contributed by atoms with van der Waals surface area (Å²) in [5.41, 5.74) is 1.10. The van der Waals surface area contributed by atoms with E-state index in [1.807, 2.05) is 37.3 Å². The summed E-state index contributed by atoms with van der Waals surface area (Å²) in [6.07, 6.45) is -0.225. The normalized spacial score (nSPS) is 24.6. The van der Waals surface area contributed by atoms with E-state index in [2.05, 4.69) is 0 Å². The van der Waals surface area contributed by atoms with Crippen molar-refractivity contribution < 1.29 is 19.3 Å². The zero-order valence-corrected chi connectivity index (χ0v) is 9.91. The molecule has 1 aliphatic heterocycles. The van der Waals surface area contributed by atoms with Crippen LogP contribution >= 0.6 is 0 Å². The van der Waals surface area contributed by atoms with E-state index >= 15 is 0 Å². The van der Waals surface area contributed by atoms with Crippen LogP contribution in [0.3, 0.4) is 0 Å². The standard InChI is InChI=1S/C13H18O4/c1-10-12(17-10)13(15-8-7-14)16-9-11-5-3-2-4-6-11/h2-6,10,12-14H,7-9H2,1H3. The lowest BCUT2D eigenvalue weighted by Gasteiger charge is -2.16. The minimum Gasteiger partial charge on any atom is -0.394 e. The predicted molar refractivity (Wildman–Crippen MR) is 62.4 cm³/mol. The van der Waals surface area contributed by atoms with E-state index in [4.69, 9.17) is 19.3 Å². The molecule has 0 aromatic heterocycles. The maximum atomic E-state index is 8.75. The van der Waals surface area contributed by atoms with Crippen molar-refractivity contribution in [3.8, 4) is 0 Å². The molecule has 0 amide bonds. The Hall–Kier alpha value is -0.940. The molecular weight excluding hydrogens is 220 g/mol. The lowest BCUT2D eigenvalue weighted by molar-refractivity contribution is -0.164. The summed E-state index contributed by atoms with van der Waals surface area (Å²) in [6, 6.07) is 9.91. The Morgan fingerprint density at radius 2 is 2.00 bits per heavy atom. The van der Waals surface area contributed by atoms with Gasteiger partial charge in [0.05, 0.1) is 25.9 Å². The molecule has 0 spiro atoms. The first-order valence-electron chi connectivity index (χ1n) is 5.84. The van der Waals surface area contributed by atoms with Gasteiger partial charge in [-0.05, 0) is 12.5 Å². The summed E-state index contributed by atoms with van der Waals surface area (Å²) < 4.78 is 16.4. The van der Waals surface area contributed by atoms with Gasteiger partial charge >= 0.3 is 0 Å². The minimum atomic E-state index is -0.391. The van der Waals surface area contributed by atoms with Crippen LogP contribution in [-0.2, 0) is 20.8 Å². The molecule has 0 saturated carbocycles. The Bertz CT molecular complexity index is 327. The highest BCUT2D eigenvalue weighted by Crippen LogP contribution is 2.27. The van der Waals surface area contributed by atoms with E-state index in [9.17, 15) is 0 Å². The van der Waals surface area contributed by atoms with Gasteiger partial charge < -0.3 is 19.3 Å². The SMILES string of the molecule is CC1OC1C(OCCO)OCc1ccccc1. The van der Waals surface area contributed by atoms with Crippen LogP contribution in [0.4, 0.5) is 0 Å². The summed E-state index contributed by atoms with van der Waals surface area (Å²) in [6.45, 7) is 2.73. The van der Waals surface area contributed by atoms with Gasteiger partial charge in [0, 0.05) is 0 Å². The number of benzene rings is 1. The molecule has 4 heteroatoms. The third kappa shape index (κ3) is 3.78. The van der Waals surface area contributed by atoms with Crippen molar-refractivity contribution in [2.45, 2.75) is 32.0 Å². The molecule has 0 bridgehead atoms. The highest BCUT2D eigenvalue weighted by Gasteiger charge is 2.43. The molecule has 1 saturated heterocycles. The summed E-state index contributed by atoms with van der Waals surface area (Å²) in [5, 5.41) is 8.75. The smallest absolute Gasteiger partial charge is 0.186 e. The molecule has 4 nitrogen and oxygen atoms in total. The summed E-state index contributed by atoms with van der Waals surface area (Å²) >= 11 is 0. The van der Waals surface area contributed by atoms with Crippen LogP contribution in [0.15, 0.2) is 30.3 Å². The summed E-state index contributed by atoms with van der Waals surface area (Å²) in [5.74, 6) is 0. The van der Waals surface area contributed by atoms with Gasteiger partial charge in [0.15, 0.2) is 6.29 Å². The third-order valence-corrected chi connectivity index (χ3v) is 2.66. The zero-order valence-electron chi connectivity index (χ0n) is 9.91. The molecule has 3 unspecified atom stereocenters. The molecule has 1 N–H and O–H groups in total. The number of epoxide rings is 1. The van der Waals surface area contributed by atoms with E-state index in [0.29, 0.717) is 6.61 Å². The predicted octanol–water partition coefficient (Wildman–Crippen LogP) is 1.33. The van der Waals surface area contributed by atoms with Gasteiger partial charge in [-0.2, -0.15) is 0 Å². The maximum absolute atomic E-state index is 8.75. The first-order chi connectivity index (χ1) is 8.31. The van der Waals surface area contributed by atoms with E-state index < -0.39 is 6.29 Å². The van der Waals surface area contributed by atoms with Gasteiger partial charge in [-0.25, -0.2) is 0 Å². The van der Waals surface area contributed by atoms with Crippen molar-refractivity contribution in [3.05, 3.63) is 35.9 Å². The number of hydrogen-bond acceptors (Lipinski definition) is 4. The van der Waals surface area contributed by atoms with Crippen molar-refractivity contribution >= 4 is 0 Å². The largest absolute Gasteiger partial charge is 0.394 e. The van der Waals surface area contributed by atoms with Gasteiger partial charge in [0.25, 0.3) is 0 Å². The van der Waals surface area contributed by atoms with E-state index in [1.165, 1.54) is 0 Å². The average molecular weight is 238 g/mol. The average Bonchev–Trinajstić information content (AvgIpc) is 3.08. The topological polar surface area (TPSA) is 51.2 Å². The molecule has 94 valence electrons. The van der Waals surface area contributed by atoms with Crippen LogP contribution in [-0.4, -0.2) is 36.8 Å². The maximum Gasteiger partial charge on any atom is 0.186 e. The third-order valence-electron chi connectivity index (χ3n) is 2.66. The van der Waals surface area contributed by atoms with Gasteiger partial charge in [0.1, 0.15) is 6.10 Å². The van der Waals surface area contributed by atoms with Gasteiger partial charge in [-0.3, -0.25) is 0 Å². The van der Waals surface area contributed by atoms with Crippen molar-refractivity contribution in [3.63, 3.8) is 0 Å². The van der Waals surface area contributed by atoms with Crippen molar-refractivity contribution in [2.75, 3.05) is 13.2 Å².